The molecule has 0 aliphatic carbocycles. The van der Waals surface area contributed by atoms with Gasteiger partial charge in [0, 0.05) is 44.6 Å². The Bertz CT molecular complexity index is 798. The number of nitrogens with one attached hydrogen (secondary N) is 2. The molecule has 28 heavy (non-hydrogen) atoms. The molecular formula is C17H22Cl2N8O. The number of carbonyl (C=O) groups is 1. The fourth-order valence-corrected chi connectivity index (χ4v) is 2.64. The zero-order valence-corrected chi connectivity index (χ0v) is 17.2. The van der Waals surface area contributed by atoms with Crippen LogP contribution in [-0.2, 0) is 0 Å². The molecule has 0 spiro atoms. The zero-order chi connectivity index (χ0) is 20.4. The average Bonchev–Trinajstić information content (AvgIpc) is 3.15. The number of aromatic amines is 1. The van der Waals surface area contributed by atoms with Gasteiger partial charge in [-0.15, -0.1) is 28.3 Å². The number of rotatable bonds is 10. The van der Waals surface area contributed by atoms with E-state index in [1.54, 1.807) is 20.3 Å². The number of anilines is 1. The number of alkyl halides is 2. The van der Waals surface area contributed by atoms with Crippen LogP contribution in [0, 0.1) is 0 Å². The van der Waals surface area contributed by atoms with Crippen LogP contribution in [0.3, 0.4) is 0 Å². The van der Waals surface area contributed by atoms with Crippen molar-refractivity contribution in [3.8, 4) is 0 Å². The lowest BCUT2D eigenvalue weighted by Crippen LogP contribution is -2.27. The van der Waals surface area contributed by atoms with Gasteiger partial charge in [-0.05, 0) is 17.7 Å². The highest BCUT2D eigenvalue weighted by molar-refractivity contribution is 6.18. The number of hydrogen-bond donors (Lipinski definition) is 2. The highest BCUT2D eigenvalue weighted by atomic mass is 35.5. The number of benzene rings is 1. The fourth-order valence-electron chi connectivity index (χ4n) is 2.23. The predicted octanol–water partition coefficient (Wildman–Crippen LogP) is 3.02. The van der Waals surface area contributed by atoms with Crippen LogP contribution in [0.5, 0.6) is 0 Å². The molecule has 0 aliphatic rings. The summed E-state index contributed by atoms with van der Waals surface area (Å²) in [6.45, 7) is 1.44. The molecule has 0 bridgehead atoms. The third-order valence-electron chi connectivity index (χ3n) is 3.51. The highest BCUT2D eigenvalue weighted by Gasteiger charge is 2.13. The molecule has 2 N–H and O–H groups in total. The lowest BCUT2D eigenvalue weighted by Gasteiger charge is -2.22. The average molecular weight is 425 g/mol. The van der Waals surface area contributed by atoms with Gasteiger partial charge in [0.15, 0.2) is 5.69 Å². The van der Waals surface area contributed by atoms with E-state index in [0.29, 0.717) is 11.8 Å². The van der Waals surface area contributed by atoms with Crippen molar-refractivity contribution >= 4 is 46.8 Å². The van der Waals surface area contributed by atoms with Crippen molar-refractivity contribution in [1.29, 1.82) is 0 Å². The molecule has 0 unspecified atom stereocenters. The zero-order valence-electron chi connectivity index (χ0n) is 15.6. The number of imidazole rings is 1. The second-order valence-corrected chi connectivity index (χ2v) is 6.55. The first kappa shape index (κ1) is 21.6. The number of halogens is 2. The first-order valence-electron chi connectivity index (χ1n) is 8.48. The van der Waals surface area contributed by atoms with Gasteiger partial charge in [-0.1, -0.05) is 17.4 Å². The van der Waals surface area contributed by atoms with E-state index in [2.05, 4.69) is 35.7 Å². The Balaban J connectivity index is 1.97. The molecule has 1 amide bonds. The highest BCUT2D eigenvalue weighted by Crippen LogP contribution is 2.15. The SMILES string of the molecule is CN(C)N=Nc1nc[nH]c1C(=O)NN=Cc1ccc(N(CCCl)CCCl)cc1. The number of nitrogens with zero attached hydrogens (tertiary/aromatic N) is 6. The third-order valence-corrected chi connectivity index (χ3v) is 3.85. The van der Waals surface area contributed by atoms with Crippen molar-refractivity contribution < 1.29 is 4.79 Å². The van der Waals surface area contributed by atoms with Gasteiger partial charge in [0.25, 0.3) is 5.91 Å². The summed E-state index contributed by atoms with van der Waals surface area (Å²) in [5.41, 5.74) is 4.47. The smallest absolute Gasteiger partial charge is 0.291 e. The summed E-state index contributed by atoms with van der Waals surface area (Å²) < 4.78 is 0. The monoisotopic (exact) mass is 424 g/mol. The maximum absolute atomic E-state index is 12.2. The van der Waals surface area contributed by atoms with E-state index in [-0.39, 0.29) is 11.5 Å². The van der Waals surface area contributed by atoms with Crippen LogP contribution < -0.4 is 10.3 Å². The van der Waals surface area contributed by atoms with Crippen molar-refractivity contribution in [1.82, 2.24) is 20.4 Å². The molecule has 1 aromatic carbocycles. The number of hydrogen-bond acceptors (Lipinski definition) is 6. The Morgan fingerprint density at radius 3 is 2.50 bits per heavy atom. The van der Waals surface area contributed by atoms with Crippen molar-refractivity contribution in [2.24, 2.45) is 15.4 Å². The van der Waals surface area contributed by atoms with E-state index in [0.717, 1.165) is 24.3 Å². The van der Waals surface area contributed by atoms with Gasteiger partial charge in [-0.3, -0.25) is 9.80 Å². The summed E-state index contributed by atoms with van der Waals surface area (Å²) in [5.74, 6) is 0.768. The molecule has 1 aromatic heterocycles. The van der Waals surface area contributed by atoms with Crippen LogP contribution >= 0.6 is 23.2 Å². The molecule has 0 saturated carbocycles. The molecule has 2 rings (SSSR count). The van der Waals surface area contributed by atoms with Crippen molar-refractivity contribution in [3.63, 3.8) is 0 Å². The molecular weight excluding hydrogens is 403 g/mol. The lowest BCUT2D eigenvalue weighted by atomic mass is 10.2. The fraction of sp³-hybridized carbons (Fsp3) is 0.353. The second kappa shape index (κ2) is 11.3. The van der Waals surface area contributed by atoms with Gasteiger partial charge >= 0.3 is 0 Å². The summed E-state index contributed by atoms with van der Waals surface area (Å²) in [6.07, 6.45) is 2.92. The van der Waals surface area contributed by atoms with Gasteiger partial charge in [-0.25, -0.2) is 10.4 Å². The molecule has 1 heterocycles. The van der Waals surface area contributed by atoms with E-state index in [4.69, 9.17) is 23.2 Å². The molecule has 0 radical (unpaired) electrons. The van der Waals surface area contributed by atoms with Crippen molar-refractivity contribution in [2.75, 3.05) is 43.8 Å². The Kier molecular flexibility index (Phi) is 8.70. The summed E-state index contributed by atoms with van der Waals surface area (Å²) in [7, 11) is 3.44. The Hall–Kier alpha value is -2.65. The minimum absolute atomic E-state index is 0.177. The molecule has 0 saturated heterocycles. The maximum atomic E-state index is 12.2. The number of amides is 1. The first-order chi connectivity index (χ1) is 13.5. The van der Waals surface area contributed by atoms with E-state index in [1.165, 1.54) is 11.3 Å². The Morgan fingerprint density at radius 1 is 1.21 bits per heavy atom. The minimum Gasteiger partial charge on any atom is -0.369 e. The van der Waals surface area contributed by atoms with E-state index in [1.807, 2.05) is 24.3 Å². The third kappa shape index (κ3) is 6.50. The van der Waals surface area contributed by atoms with E-state index < -0.39 is 5.91 Å². The molecule has 150 valence electrons. The summed E-state index contributed by atoms with van der Waals surface area (Å²) in [4.78, 5) is 21.0. The predicted molar refractivity (Wildman–Crippen MR) is 112 cm³/mol. The molecule has 9 nitrogen and oxygen atoms in total. The number of hydrazone groups is 1. The van der Waals surface area contributed by atoms with Gasteiger partial charge in [0.2, 0.25) is 5.82 Å². The van der Waals surface area contributed by atoms with Crippen LogP contribution in [0.15, 0.2) is 46.0 Å². The van der Waals surface area contributed by atoms with E-state index in [9.17, 15) is 4.79 Å². The molecule has 0 fully saturated rings. The van der Waals surface area contributed by atoms with Crippen LogP contribution in [0.1, 0.15) is 16.1 Å². The lowest BCUT2D eigenvalue weighted by molar-refractivity contribution is 0.0951. The standard InChI is InChI=1S/C17H22Cl2N8O/c1-26(2)25-23-16-15(20-12-21-16)17(28)24-22-11-13-3-5-14(6-4-13)27(9-7-18)10-8-19/h3-6,11-12H,7-10H2,1-2H3,(H,20,21)(H,24,28). The van der Waals surface area contributed by atoms with E-state index >= 15 is 0 Å². The van der Waals surface area contributed by atoms with Crippen molar-refractivity contribution in [2.45, 2.75) is 0 Å². The minimum atomic E-state index is -0.464. The van der Waals surface area contributed by atoms with Gasteiger partial charge in [-0.2, -0.15) is 5.10 Å². The summed E-state index contributed by atoms with van der Waals surface area (Å²) in [6, 6.07) is 7.70. The Labute approximate surface area is 173 Å². The van der Waals surface area contributed by atoms with Gasteiger partial charge in [0.05, 0.1) is 12.5 Å². The van der Waals surface area contributed by atoms with Crippen LogP contribution in [-0.4, -0.2) is 66.0 Å². The maximum Gasteiger partial charge on any atom is 0.291 e. The van der Waals surface area contributed by atoms with Crippen LogP contribution in [0.4, 0.5) is 11.5 Å². The number of aromatic nitrogens is 2. The Morgan fingerprint density at radius 2 is 1.89 bits per heavy atom. The molecule has 0 aliphatic heterocycles. The molecule has 11 heteroatoms. The summed E-state index contributed by atoms with van der Waals surface area (Å²) >= 11 is 11.7. The van der Waals surface area contributed by atoms with Crippen molar-refractivity contribution in [3.05, 3.63) is 41.9 Å². The quantitative estimate of drug-likeness (QED) is 0.264. The second-order valence-electron chi connectivity index (χ2n) is 5.79. The van der Waals surface area contributed by atoms with Gasteiger partial charge < -0.3 is 9.88 Å². The largest absolute Gasteiger partial charge is 0.369 e. The topological polar surface area (TPSA) is 101 Å². The van der Waals surface area contributed by atoms with Crippen LogP contribution in [0.2, 0.25) is 0 Å². The summed E-state index contributed by atoms with van der Waals surface area (Å²) in [5, 5.41) is 13.2. The molecule has 0 atom stereocenters. The molecule has 2 aromatic rings. The normalized spacial score (nSPS) is 11.3. The number of carbonyl (C=O) groups excluding carboxylic acids is 1. The van der Waals surface area contributed by atoms with Crippen LogP contribution in [0.25, 0.3) is 0 Å². The van der Waals surface area contributed by atoms with Gasteiger partial charge in [0.1, 0.15) is 0 Å². The number of H-pyrrole nitrogens is 1. The first-order valence-corrected chi connectivity index (χ1v) is 9.54.